The number of nitro benzene ring substituents is 1. The summed E-state index contributed by atoms with van der Waals surface area (Å²) in [6.07, 6.45) is 0. The lowest BCUT2D eigenvalue weighted by molar-refractivity contribution is -0.384. The van der Waals surface area contributed by atoms with Crippen LogP contribution in [0.3, 0.4) is 0 Å². The lowest BCUT2D eigenvalue weighted by Crippen LogP contribution is -2.03. The topological polar surface area (TPSA) is 70.2 Å². The zero-order chi connectivity index (χ0) is 14.9. The molecule has 0 saturated carbocycles. The number of aryl methyl sites for hydroxylation is 2. The van der Waals surface area contributed by atoms with Crippen LogP contribution in [-0.4, -0.2) is 14.7 Å². The van der Waals surface area contributed by atoms with Gasteiger partial charge in [0.1, 0.15) is 17.4 Å². The summed E-state index contributed by atoms with van der Waals surface area (Å²) in [5.74, 6) is 0.426. The average Bonchev–Trinajstić information content (AvgIpc) is 2.61. The number of benzene rings is 1. The fourth-order valence-corrected chi connectivity index (χ4v) is 2.17. The third-order valence-corrected chi connectivity index (χ3v) is 3.55. The van der Waals surface area contributed by atoms with Crippen LogP contribution in [0, 0.1) is 17.0 Å². The monoisotopic (exact) mass is 315 g/mol. The molecule has 106 valence electrons. The van der Waals surface area contributed by atoms with Gasteiger partial charge in [-0.1, -0.05) is 23.2 Å². The van der Waals surface area contributed by atoms with Crippen molar-refractivity contribution >= 4 is 28.9 Å². The van der Waals surface area contributed by atoms with Gasteiger partial charge in [0.15, 0.2) is 0 Å². The Bertz CT molecular complexity index is 670. The van der Waals surface area contributed by atoms with Crippen molar-refractivity contribution in [2.24, 2.45) is 7.05 Å². The summed E-state index contributed by atoms with van der Waals surface area (Å²) in [7, 11) is 1.76. The van der Waals surface area contributed by atoms with Gasteiger partial charge < -0.3 is 4.74 Å². The molecule has 0 radical (unpaired) electrons. The lowest BCUT2D eigenvalue weighted by atomic mass is 10.3. The molecule has 0 fully saturated rings. The molecule has 0 spiro atoms. The van der Waals surface area contributed by atoms with Crippen LogP contribution >= 0.6 is 23.2 Å². The Kier molecular flexibility index (Phi) is 4.15. The van der Waals surface area contributed by atoms with E-state index in [0.717, 1.165) is 11.4 Å². The Morgan fingerprint density at radius 2 is 2.15 bits per heavy atom. The number of nitro groups is 1. The molecule has 2 rings (SSSR count). The van der Waals surface area contributed by atoms with E-state index in [1.54, 1.807) is 18.7 Å². The number of hydrogen-bond donors (Lipinski definition) is 0. The molecular formula is C12H11Cl2N3O3. The first kappa shape index (κ1) is 14.6. The Balaban J connectivity index is 2.15. The molecule has 20 heavy (non-hydrogen) atoms. The largest absolute Gasteiger partial charge is 0.487 e. The Morgan fingerprint density at radius 3 is 2.65 bits per heavy atom. The summed E-state index contributed by atoms with van der Waals surface area (Å²) in [5, 5.41) is 15.4. The van der Waals surface area contributed by atoms with Crippen molar-refractivity contribution in [2.45, 2.75) is 13.5 Å². The van der Waals surface area contributed by atoms with Crippen LogP contribution in [0.15, 0.2) is 18.2 Å². The number of aromatic nitrogens is 2. The van der Waals surface area contributed by atoms with Crippen molar-refractivity contribution in [3.63, 3.8) is 0 Å². The summed E-state index contributed by atoms with van der Waals surface area (Å²) in [6, 6.07) is 4.19. The van der Waals surface area contributed by atoms with E-state index in [1.165, 1.54) is 18.2 Å². The first-order chi connectivity index (χ1) is 9.40. The minimum atomic E-state index is -0.548. The van der Waals surface area contributed by atoms with Crippen molar-refractivity contribution in [3.8, 4) is 5.75 Å². The van der Waals surface area contributed by atoms with Gasteiger partial charge in [-0.05, 0) is 13.0 Å². The minimum Gasteiger partial charge on any atom is -0.487 e. The van der Waals surface area contributed by atoms with E-state index in [-0.39, 0.29) is 17.3 Å². The van der Waals surface area contributed by atoms with Crippen LogP contribution in [0.2, 0.25) is 10.0 Å². The highest BCUT2D eigenvalue weighted by molar-refractivity contribution is 6.32. The molecule has 1 heterocycles. The third kappa shape index (κ3) is 2.86. The minimum absolute atomic E-state index is 0.0276. The third-order valence-electron chi connectivity index (χ3n) is 2.75. The highest BCUT2D eigenvalue weighted by atomic mass is 35.5. The highest BCUT2D eigenvalue weighted by Crippen LogP contribution is 2.29. The van der Waals surface area contributed by atoms with Gasteiger partial charge in [-0.15, -0.1) is 0 Å². The van der Waals surface area contributed by atoms with Crippen LogP contribution < -0.4 is 4.74 Å². The van der Waals surface area contributed by atoms with Crippen LogP contribution in [-0.2, 0) is 13.7 Å². The summed E-state index contributed by atoms with van der Waals surface area (Å²) in [4.78, 5) is 10.1. The maximum atomic E-state index is 10.7. The number of ether oxygens (including phenoxy) is 1. The van der Waals surface area contributed by atoms with E-state index < -0.39 is 4.92 Å². The fourth-order valence-electron chi connectivity index (χ4n) is 1.71. The number of rotatable bonds is 4. The standard InChI is InChI=1S/C12H11Cl2N3O3/c1-7-12(14)11(16(2)15-7)6-20-8-3-4-10(17(18)19)9(13)5-8/h3-5H,6H2,1-2H3. The molecule has 1 aromatic carbocycles. The Labute approximate surface area is 125 Å². The van der Waals surface area contributed by atoms with Crippen molar-refractivity contribution in [3.05, 3.63) is 49.7 Å². The molecule has 1 aromatic heterocycles. The van der Waals surface area contributed by atoms with Gasteiger partial charge in [0, 0.05) is 19.2 Å². The van der Waals surface area contributed by atoms with Gasteiger partial charge in [0.05, 0.1) is 21.3 Å². The molecule has 0 atom stereocenters. The fraction of sp³-hybridized carbons (Fsp3) is 0.250. The zero-order valence-electron chi connectivity index (χ0n) is 10.8. The molecule has 8 heteroatoms. The molecule has 0 aliphatic carbocycles. The van der Waals surface area contributed by atoms with E-state index in [1.807, 2.05) is 0 Å². The van der Waals surface area contributed by atoms with Gasteiger partial charge in [0.2, 0.25) is 0 Å². The molecule has 0 amide bonds. The van der Waals surface area contributed by atoms with Gasteiger partial charge in [-0.2, -0.15) is 5.10 Å². The highest BCUT2D eigenvalue weighted by Gasteiger charge is 2.14. The van der Waals surface area contributed by atoms with E-state index >= 15 is 0 Å². The molecule has 0 aliphatic heterocycles. The number of nitrogens with zero attached hydrogens (tertiary/aromatic N) is 3. The summed E-state index contributed by atoms with van der Waals surface area (Å²) in [6.45, 7) is 2.00. The molecule has 0 saturated heterocycles. The van der Waals surface area contributed by atoms with E-state index in [4.69, 9.17) is 27.9 Å². The second-order valence-electron chi connectivity index (χ2n) is 4.13. The van der Waals surface area contributed by atoms with Crippen LogP contribution in [0.5, 0.6) is 5.75 Å². The maximum Gasteiger partial charge on any atom is 0.288 e. The zero-order valence-corrected chi connectivity index (χ0v) is 12.3. The van der Waals surface area contributed by atoms with E-state index in [9.17, 15) is 10.1 Å². The Hall–Kier alpha value is -1.79. The summed E-state index contributed by atoms with van der Waals surface area (Å²) >= 11 is 11.9. The quantitative estimate of drug-likeness (QED) is 0.639. The number of hydrogen-bond acceptors (Lipinski definition) is 4. The van der Waals surface area contributed by atoms with Gasteiger partial charge in [-0.25, -0.2) is 0 Å². The Morgan fingerprint density at radius 1 is 1.45 bits per heavy atom. The van der Waals surface area contributed by atoms with E-state index in [0.29, 0.717) is 10.8 Å². The smallest absolute Gasteiger partial charge is 0.288 e. The van der Waals surface area contributed by atoms with Crippen molar-refractivity contribution < 1.29 is 9.66 Å². The first-order valence-corrected chi connectivity index (χ1v) is 6.40. The predicted octanol–water partition coefficient (Wildman–Crippen LogP) is 3.52. The summed E-state index contributed by atoms with van der Waals surface area (Å²) in [5.41, 5.74) is 1.28. The number of halogens is 2. The average molecular weight is 316 g/mol. The van der Waals surface area contributed by atoms with E-state index in [2.05, 4.69) is 5.10 Å². The SMILES string of the molecule is Cc1nn(C)c(COc2ccc([N+](=O)[O-])c(Cl)c2)c1Cl. The maximum absolute atomic E-state index is 10.7. The first-order valence-electron chi connectivity index (χ1n) is 5.65. The van der Waals surface area contributed by atoms with Crippen molar-refractivity contribution in [1.82, 2.24) is 9.78 Å². The van der Waals surface area contributed by atoms with Gasteiger partial charge >= 0.3 is 0 Å². The van der Waals surface area contributed by atoms with Crippen LogP contribution in [0.4, 0.5) is 5.69 Å². The van der Waals surface area contributed by atoms with Crippen LogP contribution in [0.25, 0.3) is 0 Å². The lowest BCUT2D eigenvalue weighted by Gasteiger charge is -2.07. The van der Waals surface area contributed by atoms with Crippen molar-refractivity contribution in [1.29, 1.82) is 0 Å². The second-order valence-corrected chi connectivity index (χ2v) is 4.91. The molecule has 0 aliphatic rings. The van der Waals surface area contributed by atoms with Crippen LogP contribution in [0.1, 0.15) is 11.4 Å². The molecule has 6 nitrogen and oxygen atoms in total. The van der Waals surface area contributed by atoms with Crippen molar-refractivity contribution in [2.75, 3.05) is 0 Å². The second kappa shape index (κ2) is 5.68. The molecule has 0 unspecified atom stereocenters. The van der Waals surface area contributed by atoms with Gasteiger partial charge in [-0.3, -0.25) is 14.8 Å². The molecule has 2 aromatic rings. The normalized spacial score (nSPS) is 10.6. The molecule has 0 bridgehead atoms. The van der Waals surface area contributed by atoms with Gasteiger partial charge in [0.25, 0.3) is 5.69 Å². The molecule has 0 N–H and O–H groups in total. The summed E-state index contributed by atoms with van der Waals surface area (Å²) < 4.78 is 7.16. The predicted molar refractivity (Wildman–Crippen MR) is 75.4 cm³/mol. The molecular weight excluding hydrogens is 305 g/mol.